The maximum absolute atomic E-state index is 11.1. The summed E-state index contributed by atoms with van der Waals surface area (Å²) >= 11 is 4.31. The number of imidazole rings is 1. The van der Waals surface area contributed by atoms with Gasteiger partial charge in [0, 0.05) is 12.7 Å². The number of halogens is 1. The van der Waals surface area contributed by atoms with Crippen LogP contribution in [0.1, 0.15) is 13.2 Å². The first-order valence-electron chi connectivity index (χ1n) is 6.69. The van der Waals surface area contributed by atoms with Gasteiger partial charge in [-0.25, -0.2) is 15.0 Å². The lowest BCUT2D eigenvalue weighted by Gasteiger charge is -2.17. The van der Waals surface area contributed by atoms with E-state index in [9.17, 15) is 15.0 Å². The van der Waals surface area contributed by atoms with Gasteiger partial charge in [0.1, 0.15) is 18.5 Å². The molecule has 124 valence electrons. The Morgan fingerprint density at radius 3 is 2.91 bits per heavy atom. The molecule has 1 aliphatic rings. The van der Waals surface area contributed by atoms with Crippen molar-refractivity contribution in [3.05, 3.63) is 11.1 Å². The molecule has 4 N–H and O–H groups in total. The minimum atomic E-state index is -1.20. The molecule has 1 saturated heterocycles. The zero-order chi connectivity index (χ0) is 16.7. The van der Waals surface area contributed by atoms with E-state index in [0.717, 1.165) is 11.8 Å². The first kappa shape index (κ1) is 16.6. The lowest BCUT2D eigenvalue weighted by Crippen LogP contribution is -2.32. The molecule has 0 bridgehead atoms. The molecule has 3 rings (SSSR count). The molecule has 0 unspecified atom stereocenters. The van der Waals surface area contributed by atoms with E-state index in [1.165, 1.54) is 17.8 Å². The molecule has 2 aromatic rings. The molecule has 2 aromatic heterocycles. The van der Waals surface area contributed by atoms with E-state index in [0.29, 0.717) is 15.9 Å². The fourth-order valence-electron chi connectivity index (χ4n) is 2.40. The van der Waals surface area contributed by atoms with Gasteiger partial charge < -0.3 is 20.7 Å². The summed E-state index contributed by atoms with van der Waals surface area (Å²) in [6.07, 6.45) is -2.64. The topological polar surface area (TPSA) is 136 Å². The lowest BCUT2D eigenvalue weighted by atomic mass is 10.1. The molecule has 9 nitrogen and oxygen atoms in total. The van der Waals surface area contributed by atoms with Gasteiger partial charge >= 0.3 is 0 Å². The average molecular weight is 404 g/mol. The number of rotatable bonds is 3. The van der Waals surface area contributed by atoms with Crippen LogP contribution in [0.15, 0.2) is 11.1 Å². The molecule has 0 radical (unpaired) electrons. The number of nitrogen functional groups attached to an aromatic ring is 1. The number of aliphatic hydroxyl groups excluding tert-OH is 2. The quantitative estimate of drug-likeness (QED) is 0.607. The van der Waals surface area contributed by atoms with Crippen LogP contribution in [0, 0.1) is 0 Å². The Morgan fingerprint density at radius 2 is 2.22 bits per heavy atom. The van der Waals surface area contributed by atoms with Crippen molar-refractivity contribution in [1.82, 2.24) is 19.5 Å². The number of aliphatic hydroxyl groups is 2. The summed E-state index contributed by atoms with van der Waals surface area (Å²) in [6.45, 7) is 1.43. The van der Waals surface area contributed by atoms with Crippen molar-refractivity contribution in [3.63, 3.8) is 0 Å². The number of carbonyl (C=O) groups is 1. The molecule has 1 aliphatic heterocycles. The van der Waals surface area contributed by atoms with Gasteiger partial charge in [0.2, 0.25) is 0 Å². The average Bonchev–Trinajstić information content (AvgIpc) is 2.96. The van der Waals surface area contributed by atoms with Gasteiger partial charge in [-0.2, -0.15) is 0 Å². The molecule has 4 atom stereocenters. The van der Waals surface area contributed by atoms with Crippen LogP contribution < -0.4 is 5.73 Å². The zero-order valence-corrected chi connectivity index (χ0v) is 14.4. The van der Waals surface area contributed by atoms with Crippen LogP contribution in [0.2, 0.25) is 0 Å². The van der Waals surface area contributed by atoms with Crippen molar-refractivity contribution < 1.29 is 19.7 Å². The first-order chi connectivity index (χ1) is 10.9. The smallest absolute Gasteiger partial charge is 0.185 e. The number of ether oxygens (including phenoxy) is 1. The minimum Gasteiger partial charge on any atom is -0.387 e. The van der Waals surface area contributed by atoms with Crippen LogP contribution in [0.5, 0.6) is 0 Å². The lowest BCUT2D eigenvalue weighted by molar-refractivity contribution is -0.109. The van der Waals surface area contributed by atoms with E-state index >= 15 is 0 Å². The number of fused-ring (bicyclic) bond motifs is 1. The van der Waals surface area contributed by atoms with Gasteiger partial charge in [-0.3, -0.25) is 9.36 Å². The van der Waals surface area contributed by atoms with E-state index in [1.54, 1.807) is 0 Å². The summed E-state index contributed by atoms with van der Waals surface area (Å²) in [5, 5.41) is 20.4. The Kier molecular flexibility index (Phi) is 4.56. The number of thioether (sulfide) groups is 1. The second-order valence-corrected chi connectivity index (χ2v) is 6.94. The standard InChI is InChI=1S/C12H14BrN5O4S/c1-4(19)23-2-5-7(20)8(21)11(22-5)18-10-6(17-12(18)13)9(14)15-3-16-10/h3,5,7-8,11,20-21H,2H2,1H3,(H2,14,15,16)/t5-,7-,8-,11-/m1/s1. The highest BCUT2D eigenvalue weighted by Gasteiger charge is 2.45. The Hall–Kier alpha value is -1.27. The highest BCUT2D eigenvalue weighted by atomic mass is 79.9. The normalized spacial score (nSPS) is 27.7. The van der Waals surface area contributed by atoms with E-state index in [1.807, 2.05) is 0 Å². The maximum Gasteiger partial charge on any atom is 0.185 e. The van der Waals surface area contributed by atoms with Crippen molar-refractivity contribution in [2.45, 2.75) is 31.5 Å². The summed E-state index contributed by atoms with van der Waals surface area (Å²) in [7, 11) is 0. The van der Waals surface area contributed by atoms with Crippen molar-refractivity contribution in [1.29, 1.82) is 0 Å². The highest BCUT2D eigenvalue weighted by molar-refractivity contribution is 9.10. The second kappa shape index (κ2) is 6.32. The Labute approximate surface area is 143 Å². The monoisotopic (exact) mass is 403 g/mol. The molecule has 1 fully saturated rings. The summed E-state index contributed by atoms with van der Waals surface area (Å²) in [6, 6.07) is 0. The Bertz CT molecular complexity index is 756. The Morgan fingerprint density at radius 1 is 1.48 bits per heavy atom. The fourth-order valence-corrected chi connectivity index (χ4v) is 3.63. The molecule has 0 aromatic carbocycles. The van der Waals surface area contributed by atoms with Gasteiger partial charge in [0.15, 0.2) is 33.1 Å². The van der Waals surface area contributed by atoms with E-state index in [4.69, 9.17) is 10.5 Å². The molecule has 0 spiro atoms. The maximum atomic E-state index is 11.1. The number of carbonyl (C=O) groups excluding carboxylic acids is 1. The van der Waals surface area contributed by atoms with Crippen LogP contribution in [0.25, 0.3) is 11.2 Å². The summed E-state index contributed by atoms with van der Waals surface area (Å²) in [5.74, 6) is 0.442. The number of aromatic nitrogens is 4. The third kappa shape index (κ3) is 2.94. The van der Waals surface area contributed by atoms with Crippen molar-refractivity contribution >= 4 is 49.8 Å². The van der Waals surface area contributed by atoms with Gasteiger partial charge in [-0.1, -0.05) is 11.8 Å². The van der Waals surface area contributed by atoms with Gasteiger partial charge in [0.25, 0.3) is 0 Å². The number of hydrogen-bond donors (Lipinski definition) is 3. The molecular weight excluding hydrogens is 390 g/mol. The molecular formula is C12H14BrN5O4S. The summed E-state index contributed by atoms with van der Waals surface area (Å²) in [4.78, 5) is 23.3. The number of nitrogens with two attached hydrogens (primary N) is 1. The third-order valence-electron chi connectivity index (χ3n) is 3.50. The second-order valence-electron chi connectivity index (χ2n) is 5.03. The van der Waals surface area contributed by atoms with Gasteiger partial charge in [-0.05, 0) is 15.9 Å². The van der Waals surface area contributed by atoms with Crippen LogP contribution in [0.4, 0.5) is 5.82 Å². The van der Waals surface area contributed by atoms with Gasteiger partial charge in [0.05, 0.1) is 6.10 Å². The highest BCUT2D eigenvalue weighted by Crippen LogP contribution is 2.36. The SMILES string of the molecule is CC(=O)SC[C@H]1O[C@@H](n2c(Br)nc3c(N)ncnc32)[C@H](O)[C@@H]1O. The van der Waals surface area contributed by atoms with Crippen LogP contribution in [0.3, 0.4) is 0 Å². The van der Waals surface area contributed by atoms with Crippen LogP contribution in [-0.2, 0) is 9.53 Å². The van der Waals surface area contributed by atoms with Crippen LogP contribution >= 0.6 is 27.7 Å². The number of anilines is 1. The summed E-state index contributed by atoms with van der Waals surface area (Å²) in [5.41, 5.74) is 6.51. The first-order valence-corrected chi connectivity index (χ1v) is 8.47. The van der Waals surface area contributed by atoms with Gasteiger partial charge in [-0.15, -0.1) is 0 Å². The molecule has 11 heteroatoms. The largest absolute Gasteiger partial charge is 0.387 e. The zero-order valence-electron chi connectivity index (χ0n) is 12.0. The summed E-state index contributed by atoms with van der Waals surface area (Å²) < 4.78 is 7.57. The van der Waals surface area contributed by atoms with Crippen molar-refractivity contribution in [2.24, 2.45) is 0 Å². The molecule has 0 amide bonds. The molecule has 3 heterocycles. The number of hydrogen-bond acceptors (Lipinski definition) is 9. The fraction of sp³-hybridized carbons (Fsp3) is 0.500. The van der Waals surface area contributed by atoms with E-state index in [-0.39, 0.29) is 16.7 Å². The van der Waals surface area contributed by atoms with Crippen LogP contribution in [-0.4, -0.2) is 58.9 Å². The Balaban J connectivity index is 1.94. The van der Waals surface area contributed by atoms with E-state index in [2.05, 4.69) is 30.9 Å². The molecule has 23 heavy (non-hydrogen) atoms. The minimum absolute atomic E-state index is 0.0893. The molecule has 0 aliphatic carbocycles. The van der Waals surface area contributed by atoms with Crippen molar-refractivity contribution in [2.75, 3.05) is 11.5 Å². The van der Waals surface area contributed by atoms with Crippen molar-refractivity contribution in [3.8, 4) is 0 Å². The third-order valence-corrected chi connectivity index (χ3v) is 4.97. The number of nitrogens with zero attached hydrogens (tertiary/aromatic N) is 4. The predicted octanol–water partition coefficient (Wildman–Crippen LogP) is 0.0699. The van der Waals surface area contributed by atoms with E-state index < -0.39 is 24.5 Å². The predicted molar refractivity (Wildman–Crippen MR) is 86.5 cm³/mol. The molecule has 0 saturated carbocycles.